The third-order valence-corrected chi connectivity index (χ3v) is 4.80. The van der Waals surface area contributed by atoms with Crippen LogP contribution in [0.2, 0.25) is 0 Å². The van der Waals surface area contributed by atoms with E-state index in [1.54, 1.807) is 12.1 Å². The van der Waals surface area contributed by atoms with E-state index in [2.05, 4.69) is 15.2 Å². The third-order valence-electron chi connectivity index (χ3n) is 3.24. The largest absolute Gasteiger partial charge is 0.271 e. The third kappa shape index (κ3) is 5.00. The number of nitrogens with one attached hydrogen (secondary N) is 2. The molecule has 2 rings (SSSR count). The Labute approximate surface area is 141 Å². The normalized spacial score (nSPS) is 12.9. The van der Waals surface area contributed by atoms with Crippen molar-refractivity contribution in [3.63, 3.8) is 0 Å². The van der Waals surface area contributed by atoms with Crippen LogP contribution < -0.4 is 10.1 Å². The number of hydrogen-bond donors (Lipinski definition) is 2. The topological polar surface area (TPSA) is 87.6 Å². The zero-order valence-corrected chi connectivity index (χ0v) is 14.2. The van der Waals surface area contributed by atoms with Gasteiger partial charge in [-0.15, -0.1) is 0 Å². The van der Waals surface area contributed by atoms with Crippen LogP contribution in [0.25, 0.3) is 0 Å². The molecule has 7 heteroatoms. The van der Waals surface area contributed by atoms with E-state index in [1.807, 2.05) is 37.3 Å². The summed E-state index contributed by atoms with van der Waals surface area (Å²) in [5.41, 5.74) is 4.10. The molecule has 6 nitrogen and oxygen atoms in total. The molecule has 0 unspecified atom stereocenters. The SMILES string of the molecule is Cc1ccc(S(=O)(=O)N[C@@H](C)C(=O)N/N=C/c2ccccc2)cc1. The van der Waals surface area contributed by atoms with Gasteiger partial charge in [-0.3, -0.25) is 4.79 Å². The Morgan fingerprint density at radius 2 is 1.71 bits per heavy atom. The van der Waals surface area contributed by atoms with Gasteiger partial charge < -0.3 is 0 Å². The van der Waals surface area contributed by atoms with Crippen LogP contribution in [0.5, 0.6) is 0 Å². The highest BCUT2D eigenvalue weighted by molar-refractivity contribution is 7.89. The number of benzene rings is 2. The highest BCUT2D eigenvalue weighted by Gasteiger charge is 2.21. The molecule has 24 heavy (non-hydrogen) atoms. The van der Waals surface area contributed by atoms with Crippen molar-refractivity contribution in [2.75, 3.05) is 0 Å². The number of nitrogens with zero attached hydrogens (tertiary/aromatic N) is 1. The highest BCUT2D eigenvalue weighted by atomic mass is 32.2. The fourth-order valence-corrected chi connectivity index (χ4v) is 3.08. The van der Waals surface area contributed by atoms with Crippen molar-refractivity contribution in [2.24, 2.45) is 5.10 Å². The predicted molar refractivity (Wildman–Crippen MR) is 93.1 cm³/mol. The van der Waals surface area contributed by atoms with Crippen molar-refractivity contribution in [1.29, 1.82) is 0 Å². The average Bonchev–Trinajstić information content (AvgIpc) is 2.55. The molecule has 0 spiro atoms. The molecule has 0 radical (unpaired) electrons. The Morgan fingerprint density at radius 3 is 2.33 bits per heavy atom. The van der Waals surface area contributed by atoms with Gasteiger partial charge in [-0.05, 0) is 31.5 Å². The van der Waals surface area contributed by atoms with Gasteiger partial charge in [0.2, 0.25) is 10.0 Å². The van der Waals surface area contributed by atoms with Gasteiger partial charge in [-0.2, -0.15) is 9.82 Å². The molecule has 0 saturated carbocycles. The maximum atomic E-state index is 12.2. The molecule has 0 aliphatic carbocycles. The zero-order chi connectivity index (χ0) is 17.6. The van der Waals surface area contributed by atoms with Crippen molar-refractivity contribution in [2.45, 2.75) is 24.8 Å². The van der Waals surface area contributed by atoms with Crippen LogP contribution in [-0.2, 0) is 14.8 Å². The maximum Gasteiger partial charge on any atom is 0.257 e. The zero-order valence-electron chi connectivity index (χ0n) is 13.4. The lowest BCUT2D eigenvalue weighted by Gasteiger charge is -2.12. The maximum absolute atomic E-state index is 12.2. The van der Waals surface area contributed by atoms with Gasteiger partial charge in [0.1, 0.15) is 0 Å². The lowest BCUT2D eigenvalue weighted by atomic mass is 10.2. The van der Waals surface area contributed by atoms with Crippen LogP contribution in [0.1, 0.15) is 18.1 Å². The highest BCUT2D eigenvalue weighted by Crippen LogP contribution is 2.10. The summed E-state index contributed by atoms with van der Waals surface area (Å²) in [6.07, 6.45) is 1.49. The van der Waals surface area contributed by atoms with E-state index in [0.29, 0.717) is 0 Å². The first-order chi connectivity index (χ1) is 11.4. The van der Waals surface area contributed by atoms with E-state index in [9.17, 15) is 13.2 Å². The van der Waals surface area contributed by atoms with Gasteiger partial charge in [0.15, 0.2) is 0 Å². The van der Waals surface area contributed by atoms with Crippen molar-refractivity contribution in [3.8, 4) is 0 Å². The number of hydrogen-bond acceptors (Lipinski definition) is 4. The fraction of sp³-hybridized carbons (Fsp3) is 0.176. The van der Waals surface area contributed by atoms with Crippen LogP contribution in [0.15, 0.2) is 64.6 Å². The molecule has 2 aromatic carbocycles. The molecule has 126 valence electrons. The monoisotopic (exact) mass is 345 g/mol. The summed E-state index contributed by atoms with van der Waals surface area (Å²) in [6, 6.07) is 14.7. The second-order valence-electron chi connectivity index (χ2n) is 5.30. The molecule has 0 fully saturated rings. The predicted octanol–water partition coefficient (Wildman–Crippen LogP) is 1.81. The molecular weight excluding hydrogens is 326 g/mol. The Balaban J connectivity index is 1.95. The summed E-state index contributed by atoms with van der Waals surface area (Å²) in [6.45, 7) is 3.32. The van der Waals surface area contributed by atoms with E-state index in [-0.39, 0.29) is 4.90 Å². The Bertz CT molecular complexity index is 816. The van der Waals surface area contributed by atoms with Crippen molar-refractivity contribution >= 4 is 22.1 Å². The molecule has 1 amide bonds. The molecular formula is C17H19N3O3S. The molecule has 0 aliphatic heterocycles. The molecule has 0 bridgehead atoms. The van der Waals surface area contributed by atoms with Crippen LogP contribution >= 0.6 is 0 Å². The lowest BCUT2D eigenvalue weighted by molar-refractivity contribution is -0.122. The molecule has 0 aromatic heterocycles. The minimum atomic E-state index is -3.76. The van der Waals surface area contributed by atoms with Gasteiger partial charge in [-0.25, -0.2) is 13.8 Å². The minimum Gasteiger partial charge on any atom is -0.271 e. The van der Waals surface area contributed by atoms with E-state index in [0.717, 1.165) is 11.1 Å². The molecule has 0 aliphatic rings. The quantitative estimate of drug-likeness (QED) is 0.618. The summed E-state index contributed by atoms with van der Waals surface area (Å²) in [5.74, 6) is -0.544. The number of amides is 1. The Hall–Kier alpha value is -2.51. The number of aryl methyl sites for hydroxylation is 1. The molecule has 0 heterocycles. The average molecular weight is 345 g/mol. The van der Waals surface area contributed by atoms with Crippen LogP contribution in [0.3, 0.4) is 0 Å². The van der Waals surface area contributed by atoms with Crippen LogP contribution in [-0.4, -0.2) is 26.6 Å². The van der Waals surface area contributed by atoms with Crippen molar-refractivity contribution < 1.29 is 13.2 Å². The summed E-state index contributed by atoms with van der Waals surface area (Å²) in [4.78, 5) is 12.1. The summed E-state index contributed by atoms with van der Waals surface area (Å²) in [5, 5.41) is 3.82. The summed E-state index contributed by atoms with van der Waals surface area (Å²) in [7, 11) is -3.76. The summed E-state index contributed by atoms with van der Waals surface area (Å²) < 4.78 is 26.8. The number of hydrazone groups is 1. The second kappa shape index (κ2) is 7.85. The van der Waals surface area contributed by atoms with Crippen molar-refractivity contribution in [1.82, 2.24) is 10.1 Å². The van der Waals surface area contributed by atoms with E-state index >= 15 is 0 Å². The number of carbonyl (C=O) groups is 1. The first-order valence-corrected chi connectivity index (χ1v) is 8.84. The van der Waals surface area contributed by atoms with E-state index in [4.69, 9.17) is 0 Å². The molecule has 2 N–H and O–H groups in total. The minimum absolute atomic E-state index is 0.112. The number of rotatable bonds is 6. The molecule has 2 aromatic rings. The van der Waals surface area contributed by atoms with Gasteiger partial charge in [0, 0.05) is 0 Å². The number of sulfonamides is 1. The van der Waals surface area contributed by atoms with Gasteiger partial charge >= 0.3 is 0 Å². The second-order valence-corrected chi connectivity index (χ2v) is 7.01. The Kier molecular flexibility index (Phi) is 5.83. The first-order valence-electron chi connectivity index (χ1n) is 7.35. The van der Waals surface area contributed by atoms with E-state index < -0.39 is 22.0 Å². The van der Waals surface area contributed by atoms with E-state index in [1.165, 1.54) is 25.3 Å². The standard InChI is InChI=1S/C17H19N3O3S/c1-13-8-10-16(11-9-13)24(22,23)20-14(2)17(21)19-18-12-15-6-4-3-5-7-15/h3-12,14,20H,1-2H3,(H,19,21)/b18-12+/t14-/m0/s1. The molecule has 0 saturated heterocycles. The molecule has 1 atom stereocenters. The van der Waals surface area contributed by atoms with Gasteiger partial charge in [0.25, 0.3) is 5.91 Å². The van der Waals surface area contributed by atoms with Crippen LogP contribution in [0, 0.1) is 6.92 Å². The van der Waals surface area contributed by atoms with Crippen LogP contribution in [0.4, 0.5) is 0 Å². The first kappa shape index (κ1) is 17.8. The lowest BCUT2D eigenvalue weighted by Crippen LogP contribution is -2.43. The smallest absolute Gasteiger partial charge is 0.257 e. The van der Waals surface area contributed by atoms with Crippen molar-refractivity contribution in [3.05, 3.63) is 65.7 Å². The fourth-order valence-electron chi connectivity index (χ4n) is 1.88. The van der Waals surface area contributed by atoms with Gasteiger partial charge in [-0.1, -0.05) is 48.0 Å². The number of carbonyl (C=O) groups excluding carboxylic acids is 1. The Morgan fingerprint density at radius 1 is 1.08 bits per heavy atom. The van der Waals surface area contributed by atoms with Gasteiger partial charge in [0.05, 0.1) is 17.2 Å². The summed E-state index contributed by atoms with van der Waals surface area (Å²) >= 11 is 0.